The fraction of sp³-hybridized carbons (Fsp3) is 0.417. The number of aryl methyl sites for hydroxylation is 1. The van der Waals surface area contributed by atoms with Gasteiger partial charge in [0, 0.05) is 32.6 Å². The standard InChI is InChI=1S/C24H30N2O5S/c1-4-31-24(28)21-9-11-22(12-10-21)32(29,30)26-15-13-20(14-16-26)23(27)25(3)17-19-7-5-18(2)6-8-19/h5-12,20H,4,13-17H2,1-3H3. The van der Waals surface area contributed by atoms with Gasteiger partial charge in [0.1, 0.15) is 0 Å². The van der Waals surface area contributed by atoms with Crippen molar-refractivity contribution in [2.75, 3.05) is 26.7 Å². The first-order chi connectivity index (χ1) is 15.2. The predicted molar refractivity (Wildman–Crippen MR) is 122 cm³/mol. The van der Waals surface area contributed by atoms with Gasteiger partial charge in [-0.15, -0.1) is 0 Å². The van der Waals surface area contributed by atoms with E-state index in [1.54, 1.807) is 18.9 Å². The van der Waals surface area contributed by atoms with Crippen molar-refractivity contribution < 1.29 is 22.7 Å². The molecule has 0 radical (unpaired) electrons. The second-order valence-electron chi connectivity index (χ2n) is 8.10. The number of nitrogens with zero attached hydrogens (tertiary/aromatic N) is 2. The molecule has 0 aromatic heterocycles. The molecule has 8 heteroatoms. The van der Waals surface area contributed by atoms with Crippen LogP contribution in [0.15, 0.2) is 53.4 Å². The third-order valence-corrected chi connectivity index (χ3v) is 7.64. The number of piperidine rings is 1. The smallest absolute Gasteiger partial charge is 0.338 e. The highest BCUT2D eigenvalue weighted by Crippen LogP contribution is 2.25. The molecule has 2 aromatic carbocycles. The molecule has 1 saturated heterocycles. The first-order valence-electron chi connectivity index (χ1n) is 10.8. The number of hydrogen-bond acceptors (Lipinski definition) is 5. The van der Waals surface area contributed by atoms with Crippen molar-refractivity contribution >= 4 is 21.9 Å². The molecule has 0 atom stereocenters. The summed E-state index contributed by atoms with van der Waals surface area (Å²) in [6, 6.07) is 13.8. The van der Waals surface area contributed by atoms with Gasteiger partial charge in [-0.1, -0.05) is 29.8 Å². The number of carbonyl (C=O) groups is 2. The van der Waals surface area contributed by atoms with Crippen LogP contribution in [-0.4, -0.2) is 56.2 Å². The number of rotatable bonds is 7. The number of benzene rings is 2. The minimum atomic E-state index is -3.68. The Labute approximate surface area is 190 Å². The van der Waals surface area contributed by atoms with E-state index in [2.05, 4.69) is 0 Å². The predicted octanol–water partition coefficient (Wildman–Crippen LogP) is 3.23. The van der Waals surface area contributed by atoms with Gasteiger partial charge >= 0.3 is 5.97 Å². The fourth-order valence-electron chi connectivity index (χ4n) is 3.83. The summed E-state index contributed by atoms with van der Waals surface area (Å²) in [4.78, 5) is 26.5. The second kappa shape index (κ2) is 10.3. The molecule has 7 nitrogen and oxygen atoms in total. The van der Waals surface area contributed by atoms with Gasteiger partial charge in [0.05, 0.1) is 17.1 Å². The van der Waals surface area contributed by atoms with E-state index in [4.69, 9.17) is 4.74 Å². The van der Waals surface area contributed by atoms with Gasteiger partial charge in [0.15, 0.2) is 0 Å². The van der Waals surface area contributed by atoms with Gasteiger partial charge in [0.25, 0.3) is 0 Å². The maximum atomic E-state index is 13.0. The molecule has 0 saturated carbocycles. The van der Waals surface area contributed by atoms with Crippen molar-refractivity contribution in [3.05, 3.63) is 65.2 Å². The Balaban J connectivity index is 1.58. The molecule has 1 aliphatic heterocycles. The molecule has 1 fully saturated rings. The molecule has 1 heterocycles. The Morgan fingerprint density at radius 3 is 2.19 bits per heavy atom. The van der Waals surface area contributed by atoms with Crippen LogP contribution in [0.25, 0.3) is 0 Å². The first kappa shape index (κ1) is 23.9. The summed E-state index contributed by atoms with van der Waals surface area (Å²) in [5.41, 5.74) is 2.55. The van der Waals surface area contributed by atoms with Crippen molar-refractivity contribution in [2.45, 2.75) is 38.1 Å². The Kier molecular flexibility index (Phi) is 7.69. The van der Waals surface area contributed by atoms with E-state index >= 15 is 0 Å². The van der Waals surface area contributed by atoms with Gasteiger partial charge in [-0.25, -0.2) is 13.2 Å². The number of esters is 1. The van der Waals surface area contributed by atoms with Crippen molar-refractivity contribution in [1.29, 1.82) is 0 Å². The van der Waals surface area contributed by atoms with Crippen LogP contribution in [0, 0.1) is 12.8 Å². The lowest BCUT2D eigenvalue weighted by Crippen LogP contribution is -2.43. The summed E-state index contributed by atoms with van der Waals surface area (Å²) in [6.45, 7) is 5.10. The van der Waals surface area contributed by atoms with Crippen LogP contribution in [0.1, 0.15) is 41.3 Å². The molecule has 172 valence electrons. The largest absolute Gasteiger partial charge is 0.462 e. The van der Waals surface area contributed by atoms with Crippen molar-refractivity contribution in [2.24, 2.45) is 5.92 Å². The number of carbonyl (C=O) groups excluding carboxylic acids is 2. The minimum Gasteiger partial charge on any atom is -0.462 e. The number of ether oxygens (including phenoxy) is 1. The van der Waals surface area contributed by atoms with E-state index in [1.807, 2.05) is 31.2 Å². The maximum absolute atomic E-state index is 13.0. The van der Waals surface area contributed by atoms with Crippen LogP contribution in [0.3, 0.4) is 0 Å². The lowest BCUT2D eigenvalue weighted by atomic mass is 9.96. The van der Waals surface area contributed by atoms with Crippen LogP contribution < -0.4 is 0 Å². The number of sulfonamides is 1. The molecule has 0 N–H and O–H groups in total. The molecule has 1 amide bonds. The molecule has 0 unspecified atom stereocenters. The normalized spacial score (nSPS) is 15.3. The van der Waals surface area contributed by atoms with Gasteiger partial charge in [-0.2, -0.15) is 4.31 Å². The summed E-state index contributed by atoms with van der Waals surface area (Å²) >= 11 is 0. The molecular formula is C24H30N2O5S. The third kappa shape index (κ3) is 5.55. The van der Waals surface area contributed by atoms with Crippen molar-refractivity contribution in [1.82, 2.24) is 9.21 Å². The Bertz CT molecular complexity index is 1040. The van der Waals surface area contributed by atoms with Crippen LogP contribution >= 0.6 is 0 Å². The fourth-order valence-corrected chi connectivity index (χ4v) is 5.30. The molecule has 3 rings (SSSR count). The van der Waals surface area contributed by atoms with E-state index in [9.17, 15) is 18.0 Å². The Morgan fingerprint density at radius 1 is 1.03 bits per heavy atom. The van der Waals surface area contributed by atoms with Gasteiger partial charge in [0.2, 0.25) is 15.9 Å². The third-order valence-electron chi connectivity index (χ3n) is 5.72. The molecule has 2 aromatic rings. The zero-order valence-electron chi connectivity index (χ0n) is 18.8. The zero-order chi connectivity index (χ0) is 23.3. The molecule has 0 aliphatic carbocycles. The summed E-state index contributed by atoms with van der Waals surface area (Å²) in [6.07, 6.45) is 0.967. The lowest BCUT2D eigenvalue weighted by molar-refractivity contribution is -0.135. The highest BCUT2D eigenvalue weighted by molar-refractivity contribution is 7.89. The Morgan fingerprint density at radius 2 is 1.62 bits per heavy atom. The summed E-state index contributed by atoms with van der Waals surface area (Å²) < 4.78 is 32.3. The van der Waals surface area contributed by atoms with E-state index < -0.39 is 16.0 Å². The molecule has 0 spiro atoms. The summed E-state index contributed by atoms with van der Waals surface area (Å²) in [5.74, 6) is -0.630. The molecule has 0 bridgehead atoms. The Hall–Kier alpha value is -2.71. The van der Waals surface area contributed by atoms with Crippen LogP contribution in [0.5, 0.6) is 0 Å². The van der Waals surface area contributed by atoms with Crippen molar-refractivity contribution in [3.8, 4) is 0 Å². The molecule has 32 heavy (non-hydrogen) atoms. The van der Waals surface area contributed by atoms with E-state index in [-0.39, 0.29) is 36.4 Å². The van der Waals surface area contributed by atoms with Crippen molar-refractivity contribution in [3.63, 3.8) is 0 Å². The average Bonchev–Trinajstić information content (AvgIpc) is 2.80. The van der Waals surface area contributed by atoms with Crippen LogP contribution in [0.4, 0.5) is 0 Å². The number of amides is 1. The quantitative estimate of drug-likeness (QED) is 0.595. The zero-order valence-corrected chi connectivity index (χ0v) is 19.6. The maximum Gasteiger partial charge on any atom is 0.338 e. The van der Waals surface area contributed by atoms with Crippen LogP contribution in [-0.2, 0) is 26.1 Å². The highest BCUT2D eigenvalue weighted by atomic mass is 32.2. The summed E-state index contributed by atoms with van der Waals surface area (Å²) in [5, 5.41) is 0. The minimum absolute atomic E-state index is 0.0430. The van der Waals surface area contributed by atoms with Gasteiger partial charge in [-0.05, 0) is 56.5 Å². The second-order valence-corrected chi connectivity index (χ2v) is 10.0. The van der Waals surface area contributed by atoms with Gasteiger partial charge < -0.3 is 9.64 Å². The van der Waals surface area contributed by atoms with E-state index in [1.165, 1.54) is 34.1 Å². The monoisotopic (exact) mass is 458 g/mol. The average molecular weight is 459 g/mol. The first-order valence-corrected chi connectivity index (χ1v) is 12.2. The van der Waals surface area contributed by atoms with Gasteiger partial charge in [-0.3, -0.25) is 4.79 Å². The van der Waals surface area contributed by atoms with E-state index in [0.29, 0.717) is 24.9 Å². The SMILES string of the molecule is CCOC(=O)c1ccc(S(=O)(=O)N2CCC(C(=O)N(C)Cc3ccc(C)cc3)CC2)cc1. The highest BCUT2D eigenvalue weighted by Gasteiger charge is 2.33. The number of hydrogen-bond donors (Lipinski definition) is 0. The lowest BCUT2D eigenvalue weighted by Gasteiger charge is -2.32. The van der Waals surface area contributed by atoms with E-state index in [0.717, 1.165) is 5.56 Å². The molecular weight excluding hydrogens is 428 g/mol. The summed E-state index contributed by atoms with van der Waals surface area (Å²) in [7, 11) is -1.89. The molecule has 1 aliphatic rings. The van der Waals surface area contributed by atoms with Crippen LogP contribution in [0.2, 0.25) is 0 Å². The topological polar surface area (TPSA) is 84.0 Å².